The van der Waals surface area contributed by atoms with E-state index in [0.717, 1.165) is 26.2 Å². The van der Waals surface area contributed by atoms with Crippen molar-refractivity contribution in [3.8, 4) is 0 Å². The van der Waals surface area contributed by atoms with Gasteiger partial charge in [-0.15, -0.1) is 0 Å². The van der Waals surface area contributed by atoms with E-state index < -0.39 is 0 Å². The molecule has 4 nitrogen and oxygen atoms in total. The molecule has 0 aromatic heterocycles. The van der Waals surface area contributed by atoms with Crippen molar-refractivity contribution in [3.63, 3.8) is 0 Å². The van der Waals surface area contributed by atoms with Crippen LogP contribution in [0.25, 0.3) is 0 Å². The zero-order valence-corrected chi connectivity index (χ0v) is 8.42. The summed E-state index contributed by atoms with van der Waals surface area (Å²) >= 11 is 4.20. The van der Waals surface area contributed by atoms with Gasteiger partial charge in [0, 0.05) is 40.3 Å². The summed E-state index contributed by atoms with van der Waals surface area (Å²) < 4.78 is 1.93. The average molecular weight is 189 g/mol. The molecule has 0 atom stereocenters. The topological polar surface area (TPSA) is 26.8 Å². The minimum atomic E-state index is 0.0939. The van der Waals surface area contributed by atoms with Gasteiger partial charge in [-0.1, -0.05) is 12.8 Å². The van der Waals surface area contributed by atoms with Gasteiger partial charge >= 0.3 is 6.03 Å². The minimum Gasteiger partial charge on any atom is -0.331 e. The molecule has 0 radical (unpaired) electrons. The maximum absolute atomic E-state index is 11.4. The summed E-state index contributed by atoms with van der Waals surface area (Å²) in [6.07, 6.45) is 0. The highest BCUT2D eigenvalue weighted by molar-refractivity contribution is 7.77. The molecule has 1 aliphatic rings. The predicted molar refractivity (Wildman–Crippen MR) is 51.2 cm³/mol. The molecule has 0 saturated carbocycles. The lowest BCUT2D eigenvalue weighted by Crippen LogP contribution is -2.49. The maximum Gasteiger partial charge on any atom is 0.319 e. The standard InChI is InChI=1S/C7H15N3OS/c1-8(2)7(11)9-3-5-10(12)6-4-9/h12H,3-6H2,1-2H3. The van der Waals surface area contributed by atoms with Gasteiger partial charge in [-0.05, 0) is 0 Å². The zero-order valence-electron chi connectivity index (χ0n) is 7.53. The quantitative estimate of drug-likeness (QED) is 0.548. The molecular formula is C7H15N3OS. The number of rotatable bonds is 0. The van der Waals surface area contributed by atoms with Crippen LogP contribution in [0, 0.1) is 0 Å². The van der Waals surface area contributed by atoms with Crippen LogP contribution in [0.3, 0.4) is 0 Å². The summed E-state index contributed by atoms with van der Waals surface area (Å²) in [6, 6.07) is 0.0939. The molecule has 1 heterocycles. The van der Waals surface area contributed by atoms with Crippen LogP contribution in [-0.4, -0.2) is 60.4 Å². The molecule has 0 aliphatic carbocycles. The fourth-order valence-corrected chi connectivity index (χ4v) is 1.35. The average Bonchev–Trinajstić information content (AvgIpc) is 2.04. The third-order valence-corrected chi connectivity index (χ3v) is 2.31. The zero-order chi connectivity index (χ0) is 9.14. The fraction of sp³-hybridized carbons (Fsp3) is 0.857. The molecule has 0 N–H and O–H groups in total. The molecule has 1 rings (SSSR count). The Morgan fingerprint density at radius 1 is 1.25 bits per heavy atom. The van der Waals surface area contributed by atoms with E-state index in [9.17, 15) is 4.79 Å². The first-order chi connectivity index (χ1) is 5.61. The number of carbonyl (C=O) groups excluding carboxylic acids is 1. The number of thiol groups is 1. The highest BCUT2D eigenvalue weighted by Gasteiger charge is 2.20. The van der Waals surface area contributed by atoms with Crippen molar-refractivity contribution in [1.82, 2.24) is 14.1 Å². The van der Waals surface area contributed by atoms with Gasteiger partial charge in [-0.3, -0.25) is 0 Å². The van der Waals surface area contributed by atoms with Crippen molar-refractivity contribution in [3.05, 3.63) is 0 Å². The monoisotopic (exact) mass is 189 g/mol. The molecular weight excluding hydrogens is 174 g/mol. The summed E-state index contributed by atoms with van der Waals surface area (Å²) in [5.41, 5.74) is 0. The third kappa shape index (κ3) is 2.28. The second-order valence-corrected chi connectivity index (χ2v) is 3.68. The number of hydrogen-bond donors (Lipinski definition) is 1. The van der Waals surface area contributed by atoms with E-state index >= 15 is 0 Å². The number of urea groups is 1. The Balaban J connectivity index is 2.39. The van der Waals surface area contributed by atoms with Crippen LogP contribution in [0.5, 0.6) is 0 Å². The molecule has 12 heavy (non-hydrogen) atoms. The van der Waals surface area contributed by atoms with Gasteiger partial charge in [-0.2, -0.15) is 0 Å². The summed E-state index contributed by atoms with van der Waals surface area (Å²) in [7, 11) is 3.55. The van der Waals surface area contributed by atoms with Crippen molar-refractivity contribution in [1.29, 1.82) is 0 Å². The number of hydrogen-bond acceptors (Lipinski definition) is 3. The van der Waals surface area contributed by atoms with Crippen LogP contribution in [0.1, 0.15) is 0 Å². The van der Waals surface area contributed by atoms with E-state index in [4.69, 9.17) is 0 Å². The molecule has 0 spiro atoms. The van der Waals surface area contributed by atoms with Gasteiger partial charge in [0.1, 0.15) is 0 Å². The lowest BCUT2D eigenvalue weighted by molar-refractivity contribution is 0.152. The first-order valence-electron chi connectivity index (χ1n) is 4.01. The van der Waals surface area contributed by atoms with E-state index in [1.54, 1.807) is 19.0 Å². The summed E-state index contributed by atoms with van der Waals surface area (Å²) in [5.74, 6) is 0. The normalized spacial score (nSPS) is 19.4. The van der Waals surface area contributed by atoms with Crippen LogP contribution in [0.15, 0.2) is 0 Å². The first-order valence-corrected chi connectivity index (χ1v) is 4.41. The Labute approximate surface area is 78.7 Å². The molecule has 1 aliphatic heterocycles. The van der Waals surface area contributed by atoms with Gasteiger partial charge < -0.3 is 9.80 Å². The number of piperazine rings is 1. The second-order valence-electron chi connectivity index (χ2n) is 3.12. The number of nitrogens with zero attached hydrogens (tertiary/aromatic N) is 3. The van der Waals surface area contributed by atoms with E-state index in [1.807, 2.05) is 9.21 Å². The summed E-state index contributed by atoms with van der Waals surface area (Å²) in [5, 5.41) is 0. The van der Waals surface area contributed by atoms with Gasteiger partial charge in [-0.25, -0.2) is 9.10 Å². The van der Waals surface area contributed by atoms with Crippen LogP contribution in [0.4, 0.5) is 4.79 Å². The number of carbonyl (C=O) groups is 1. The van der Waals surface area contributed by atoms with Gasteiger partial charge in [0.2, 0.25) is 0 Å². The maximum atomic E-state index is 11.4. The lowest BCUT2D eigenvalue weighted by atomic mass is 10.4. The van der Waals surface area contributed by atoms with Crippen LogP contribution >= 0.6 is 12.8 Å². The van der Waals surface area contributed by atoms with Crippen molar-refractivity contribution in [2.45, 2.75) is 0 Å². The smallest absolute Gasteiger partial charge is 0.319 e. The Bertz CT molecular complexity index is 166. The highest BCUT2D eigenvalue weighted by atomic mass is 32.1. The van der Waals surface area contributed by atoms with Crippen molar-refractivity contribution in [2.75, 3.05) is 40.3 Å². The summed E-state index contributed by atoms with van der Waals surface area (Å²) in [4.78, 5) is 14.9. The Kier molecular flexibility index (Phi) is 3.22. The van der Waals surface area contributed by atoms with E-state index in [2.05, 4.69) is 12.8 Å². The van der Waals surface area contributed by atoms with Gasteiger partial charge in [0.05, 0.1) is 0 Å². The largest absolute Gasteiger partial charge is 0.331 e. The Hall–Kier alpha value is -0.420. The van der Waals surface area contributed by atoms with E-state index in [0.29, 0.717) is 0 Å². The predicted octanol–water partition coefficient (Wildman–Crippen LogP) is 0.130. The van der Waals surface area contributed by atoms with Crippen molar-refractivity contribution >= 4 is 18.8 Å². The van der Waals surface area contributed by atoms with E-state index in [1.165, 1.54) is 0 Å². The second kappa shape index (κ2) is 4.00. The van der Waals surface area contributed by atoms with Crippen molar-refractivity contribution < 1.29 is 4.79 Å². The minimum absolute atomic E-state index is 0.0939. The van der Waals surface area contributed by atoms with Gasteiger partial charge in [0.25, 0.3) is 0 Å². The SMILES string of the molecule is CN(C)C(=O)N1CCN(S)CC1. The summed E-state index contributed by atoms with van der Waals surface area (Å²) in [6.45, 7) is 3.26. The lowest BCUT2D eigenvalue weighted by Gasteiger charge is -2.33. The highest BCUT2D eigenvalue weighted by Crippen LogP contribution is 2.04. The molecule has 0 bridgehead atoms. The molecule has 0 aromatic carbocycles. The fourth-order valence-electron chi connectivity index (χ4n) is 1.17. The third-order valence-electron chi connectivity index (χ3n) is 1.91. The molecule has 1 fully saturated rings. The molecule has 5 heteroatoms. The van der Waals surface area contributed by atoms with Crippen molar-refractivity contribution in [2.24, 2.45) is 0 Å². The molecule has 2 amide bonds. The van der Waals surface area contributed by atoms with Crippen LogP contribution < -0.4 is 0 Å². The Morgan fingerprint density at radius 2 is 1.75 bits per heavy atom. The molecule has 0 aromatic rings. The molecule has 0 unspecified atom stereocenters. The van der Waals surface area contributed by atoms with Crippen LogP contribution in [-0.2, 0) is 0 Å². The van der Waals surface area contributed by atoms with Gasteiger partial charge in [0.15, 0.2) is 0 Å². The Morgan fingerprint density at radius 3 is 2.17 bits per heavy atom. The molecule has 1 saturated heterocycles. The first kappa shape index (κ1) is 9.67. The van der Waals surface area contributed by atoms with E-state index in [-0.39, 0.29) is 6.03 Å². The molecule has 70 valence electrons. The van der Waals surface area contributed by atoms with Crippen LogP contribution in [0.2, 0.25) is 0 Å². The number of amides is 2.